The minimum absolute atomic E-state index is 0.0968. The van der Waals surface area contributed by atoms with Crippen molar-refractivity contribution < 1.29 is 22.8 Å². The Kier molecular flexibility index (Phi) is 6.24. The minimum atomic E-state index is -4.37. The van der Waals surface area contributed by atoms with Crippen LogP contribution in [0, 0.1) is 17.2 Å². The van der Waals surface area contributed by atoms with Crippen molar-refractivity contribution >= 4 is 17.6 Å². The van der Waals surface area contributed by atoms with Gasteiger partial charge in [0.1, 0.15) is 5.56 Å². The number of carbonyl (C=O) groups excluding carboxylic acids is 2. The van der Waals surface area contributed by atoms with Gasteiger partial charge in [0, 0.05) is 32.3 Å². The van der Waals surface area contributed by atoms with E-state index in [1.807, 2.05) is 0 Å². The number of anilines is 1. The highest BCUT2D eigenvalue weighted by atomic mass is 19.4. The van der Waals surface area contributed by atoms with Gasteiger partial charge in [-0.1, -0.05) is 0 Å². The van der Waals surface area contributed by atoms with Gasteiger partial charge in [0.2, 0.25) is 5.91 Å². The maximum Gasteiger partial charge on any atom is 0.389 e. The van der Waals surface area contributed by atoms with Crippen LogP contribution in [0.1, 0.15) is 55.3 Å². The summed E-state index contributed by atoms with van der Waals surface area (Å²) in [5.41, 5.74) is 4.97. The fourth-order valence-electron chi connectivity index (χ4n) is 3.70. The highest BCUT2D eigenvalue weighted by Gasteiger charge is 2.40. The highest BCUT2D eigenvalue weighted by Crippen LogP contribution is 2.35. The van der Waals surface area contributed by atoms with Gasteiger partial charge in [-0.3, -0.25) is 14.3 Å². The molecule has 2 fully saturated rings. The zero-order valence-electron chi connectivity index (χ0n) is 16.5. The average molecular weight is 426 g/mol. The van der Waals surface area contributed by atoms with Crippen molar-refractivity contribution in [1.82, 2.24) is 14.7 Å². The molecule has 2 heterocycles. The predicted molar refractivity (Wildman–Crippen MR) is 101 cm³/mol. The van der Waals surface area contributed by atoms with Crippen LogP contribution < -0.4 is 11.1 Å². The fraction of sp³-hybridized carbons (Fsp3) is 0.684. The molecule has 1 saturated carbocycles. The monoisotopic (exact) mass is 426 g/mol. The number of nitrogens with two attached hydrogens (primary N) is 1. The van der Waals surface area contributed by atoms with E-state index in [1.165, 1.54) is 11.1 Å². The molecule has 1 aromatic rings. The topological polar surface area (TPSA) is 117 Å². The highest BCUT2D eigenvalue weighted by molar-refractivity contribution is 5.97. The molecular formula is C19H25F3N6O2. The maximum absolute atomic E-state index is 12.4. The summed E-state index contributed by atoms with van der Waals surface area (Å²) in [5.74, 6) is -0.264. The summed E-state index contributed by atoms with van der Waals surface area (Å²) in [4.78, 5) is 25.4. The van der Waals surface area contributed by atoms with Crippen molar-refractivity contribution in [1.29, 1.82) is 5.26 Å². The number of nitrogens with zero attached hydrogens (tertiary/aromatic N) is 4. The van der Waals surface area contributed by atoms with E-state index in [9.17, 15) is 28.0 Å². The van der Waals surface area contributed by atoms with Crippen LogP contribution in [-0.4, -0.2) is 52.3 Å². The number of primary amides is 1. The number of rotatable bonds is 8. The van der Waals surface area contributed by atoms with Crippen molar-refractivity contribution in [2.45, 2.75) is 56.7 Å². The number of aromatic nitrogens is 2. The third-order valence-corrected chi connectivity index (χ3v) is 5.80. The average Bonchev–Trinajstić information content (AvgIpc) is 3.41. The number of amides is 2. The van der Waals surface area contributed by atoms with Crippen LogP contribution >= 0.6 is 0 Å². The number of halogens is 3. The summed E-state index contributed by atoms with van der Waals surface area (Å²) in [6, 6.07) is 2.13. The number of carbonyl (C=O) groups is 2. The molecule has 3 N–H and O–H groups in total. The molecule has 2 aliphatic rings. The first-order valence-electron chi connectivity index (χ1n) is 9.99. The largest absolute Gasteiger partial charge is 0.389 e. The van der Waals surface area contributed by atoms with Gasteiger partial charge in [0.25, 0.3) is 5.91 Å². The van der Waals surface area contributed by atoms with Crippen LogP contribution in [-0.2, 0) is 10.3 Å². The molecule has 8 nitrogen and oxygen atoms in total. The van der Waals surface area contributed by atoms with E-state index in [4.69, 9.17) is 5.73 Å². The Hall–Kier alpha value is -2.77. The lowest BCUT2D eigenvalue weighted by atomic mass is 9.84. The first kappa shape index (κ1) is 21.9. The second kappa shape index (κ2) is 8.53. The van der Waals surface area contributed by atoms with Crippen LogP contribution in [0.4, 0.5) is 19.0 Å². The molecule has 0 aromatic carbocycles. The molecule has 3 rings (SSSR count). The molecule has 30 heavy (non-hydrogen) atoms. The number of hydrogen-bond acceptors (Lipinski definition) is 5. The molecule has 0 radical (unpaired) electrons. The Morgan fingerprint density at radius 2 is 2.00 bits per heavy atom. The summed E-state index contributed by atoms with van der Waals surface area (Å²) in [5, 5.41) is 17.0. The smallest absolute Gasteiger partial charge is 0.368 e. The number of hydrogen-bond donors (Lipinski definition) is 2. The van der Waals surface area contributed by atoms with Gasteiger partial charge < -0.3 is 16.0 Å². The summed E-state index contributed by atoms with van der Waals surface area (Å²) in [7, 11) is 0. The molecule has 1 aliphatic heterocycles. The van der Waals surface area contributed by atoms with Crippen LogP contribution in [0.2, 0.25) is 0 Å². The lowest BCUT2D eigenvalue weighted by Crippen LogP contribution is -2.48. The maximum atomic E-state index is 12.4. The lowest BCUT2D eigenvalue weighted by molar-refractivity contribution is -0.150. The Morgan fingerprint density at radius 3 is 2.53 bits per heavy atom. The lowest BCUT2D eigenvalue weighted by Gasteiger charge is -2.40. The minimum Gasteiger partial charge on any atom is -0.368 e. The van der Waals surface area contributed by atoms with Crippen molar-refractivity contribution in [2.24, 2.45) is 11.7 Å². The van der Waals surface area contributed by atoms with Gasteiger partial charge in [-0.25, -0.2) is 0 Å². The second-order valence-corrected chi connectivity index (χ2v) is 8.08. The number of piperidine rings is 1. The van der Waals surface area contributed by atoms with Crippen LogP contribution in [0.15, 0.2) is 6.20 Å². The molecule has 1 saturated heterocycles. The van der Waals surface area contributed by atoms with Crippen molar-refractivity contribution in [2.75, 3.05) is 25.0 Å². The second-order valence-electron chi connectivity index (χ2n) is 8.08. The van der Waals surface area contributed by atoms with E-state index < -0.39 is 36.4 Å². The molecule has 0 bridgehead atoms. The first-order chi connectivity index (χ1) is 14.1. The van der Waals surface area contributed by atoms with Gasteiger partial charge >= 0.3 is 6.18 Å². The Morgan fingerprint density at radius 1 is 1.33 bits per heavy atom. The van der Waals surface area contributed by atoms with Gasteiger partial charge in [-0.2, -0.15) is 23.5 Å². The summed E-state index contributed by atoms with van der Waals surface area (Å²) in [6.45, 7) is 1.12. The third-order valence-electron chi connectivity index (χ3n) is 5.80. The normalized spacial score (nSPS) is 18.7. The van der Waals surface area contributed by atoms with Gasteiger partial charge in [0.15, 0.2) is 5.82 Å². The molecule has 0 unspecified atom stereocenters. The SMILES string of the molecule is N#CCC1(n2cc(C(N)=O)c(NCC3CC3)n2)CCN(C(=O)CCC(F)(F)F)CC1. The van der Waals surface area contributed by atoms with E-state index in [2.05, 4.69) is 16.5 Å². The van der Waals surface area contributed by atoms with E-state index in [0.717, 1.165) is 12.8 Å². The Labute approximate surface area is 172 Å². The number of nitriles is 1. The fourth-order valence-corrected chi connectivity index (χ4v) is 3.70. The van der Waals surface area contributed by atoms with Crippen LogP contribution in [0.3, 0.4) is 0 Å². The summed E-state index contributed by atoms with van der Waals surface area (Å²) in [6.07, 6.45) is -1.55. The van der Waals surface area contributed by atoms with Crippen LogP contribution in [0.25, 0.3) is 0 Å². The van der Waals surface area contributed by atoms with E-state index in [1.54, 1.807) is 4.68 Å². The Bertz CT molecular complexity index is 832. The van der Waals surface area contributed by atoms with Crippen molar-refractivity contribution in [3.63, 3.8) is 0 Å². The number of likely N-dealkylation sites (tertiary alicyclic amines) is 1. The number of alkyl halides is 3. The molecule has 1 aliphatic carbocycles. The predicted octanol–water partition coefficient (Wildman–Crippen LogP) is 2.38. The molecule has 11 heteroatoms. The molecule has 164 valence electrons. The van der Waals surface area contributed by atoms with Gasteiger partial charge in [-0.15, -0.1) is 0 Å². The summed E-state index contributed by atoms with van der Waals surface area (Å²) >= 11 is 0. The summed E-state index contributed by atoms with van der Waals surface area (Å²) < 4.78 is 38.7. The van der Waals surface area contributed by atoms with E-state index in [-0.39, 0.29) is 25.1 Å². The first-order valence-corrected chi connectivity index (χ1v) is 9.99. The molecule has 1 aromatic heterocycles. The third kappa shape index (κ3) is 5.23. The zero-order valence-corrected chi connectivity index (χ0v) is 16.5. The zero-order chi connectivity index (χ0) is 21.9. The van der Waals surface area contributed by atoms with Crippen LogP contribution in [0.5, 0.6) is 0 Å². The molecule has 0 spiro atoms. The molecule has 0 atom stereocenters. The van der Waals surface area contributed by atoms with Crippen molar-refractivity contribution in [3.05, 3.63) is 11.8 Å². The van der Waals surface area contributed by atoms with E-state index >= 15 is 0 Å². The molecular weight excluding hydrogens is 401 g/mol. The molecule has 2 amide bonds. The number of nitrogens with one attached hydrogen (secondary N) is 1. The Balaban J connectivity index is 1.72. The van der Waals surface area contributed by atoms with E-state index in [0.29, 0.717) is 31.1 Å². The van der Waals surface area contributed by atoms with Gasteiger partial charge in [-0.05, 0) is 31.6 Å². The van der Waals surface area contributed by atoms with Gasteiger partial charge in [0.05, 0.1) is 24.4 Å². The van der Waals surface area contributed by atoms with Crippen molar-refractivity contribution in [3.8, 4) is 6.07 Å². The standard InChI is InChI=1S/C19H25F3N6O2/c20-19(21,22)4-3-15(29)27-9-6-18(5-8-23,7-10-27)28-12-14(16(24)30)17(26-28)25-11-13-1-2-13/h12-13H,1-7,9-11H2,(H2,24,30)(H,25,26). The quantitative estimate of drug-likeness (QED) is 0.662.